The van der Waals surface area contributed by atoms with Gasteiger partial charge in [-0.15, -0.1) is 10.2 Å². The number of nitrogens with one attached hydrogen (secondary N) is 2. The smallest absolute Gasteiger partial charge is 0.263 e. The number of aromatic nitrogens is 2. The Hall–Kier alpha value is -3.13. The number of benzene rings is 2. The van der Waals surface area contributed by atoms with Crippen molar-refractivity contribution in [3.05, 3.63) is 65.7 Å². The quantitative estimate of drug-likeness (QED) is 0.674. The number of rotatable bonds is 6. The van der Waals surface area contributed by atoms with Gasteiger partial charge in [0.25, 0.3) is 10.0 Å². The van der Waals surface area contributed by atoms with Crippen LogP contribution in [0.25, 0.3) is 0 Å². The highest BCUT2D eigenvalue weighted by atomic mass is 32.2. The van der Waals surface area contributed by atoms with Crippen LogP contribution < -0.4 is 14.8 Å². The van der Waals surface area contributed by atoms with Crippen LogP contribution in [0.15, 0.2) is 59.5 Å². The lowest BCUT2D eigenvalue weighted by molar-refractivity contribution is 0.414. The van der Waals surface area contributed by atoms with Crippen LogP contribution >= 0.6 is 0 Å². The van der Waals surface area contributed by atoms with E-state index in [1.807, 2.05) is 32.0 Å². The average molecular weight is 384 g/mol. The van der Waals surface area contributed by atoms with E-state index in [4.69, 9.17) is 4.74 Å². The summed E-state index contributed by atoms with van der Waals surface area (Å²) in [5.41, 5.74) is 3.13. The Kier molecular flexibility index (Phi) is 5.27. The summed E-state index contributed by atoms with van der Waals surface area (Å²) in [6.45, 7) is 4.00. The van der Waals surface area contributed by atoms with E-state index in [9.17, 15) is 8.42 Å². The molecule has 0 fully saturated rings. The van der Waals surface area contributed by atoms with E-state index < -0.39 is 10.0 Å². The van der Waals surface area contributed by atoms with Crippen LogP contribution in [0, 0.1) is 13.8 Å². The molecule has 27 heavy (non-hydrogen) atoms. The monoisotopic (exact) mass is 384 g/mol. The summed E-state index contributed by atoms with van der Waals surface area (Å²) in [4.78, 5) is 0.114. The molecule has 0 unspecified atom stereocenters. The van der Waals surface area contributed by atoms with Crippen molar-refractivity contribution >= 4 is 27.3 Å². The molecule has 3 aromatic rings. The zero-order valence-electron chi connectivity index (χ0n) is 15.2. The minimum atomic E-state index is -3.75. The molecule has 0 radical (unpaired) electrons. The predicted octanol–water partition coefficient (Wildman–Crippen LogP) is 3.65. The molecule has 0 aliphatic rings. The lowest BCUT2D eigenvalue weighted by atomic mass is 10.1. The molecule has 0 saturated carbocycles. The molecule has 2 aromatic carbocycles. The molecule has 140 valence electrons. The second kappa shape index (κ2) is 7.63. The second-order valence-corrected chi connectivity index (χ2v) is 7.66. The first-order chi connectivity index (χ1) is 12.9. The molecular weight excluding hydrogens is 364 g/mol. The van der Waals surface area contributed by atoms with E-state index in [2.05, 4.69) is 20.2 Å². The summed E-state index contributed by atoms with van der Waals surface area (Å²) in [5.74, 6) is 1.24. The maximum Gasteiger partial charge on any atom is 0.263 e. The number of methoxy groups -OCH3 is 1. The molecule has 0 atom stereocenters. The topological polar surface area (TPSA) is 93.2 Å². The van der Waals surface area contributed by atoms with Crippen LogP contribution in [0.2, 0.25) is 0 Å². The van der Waals surface area contributed by atoms with Crippen molar-refractivity contribution in [1.82, 2.24) is 10.2 Å². The van der Waals surface area contributed by atoms with Gasteiger partial charge in [0.15, 0.2) is 11.6 Å². The minimum Gasteiger partial charge on any atom is -0.497 e. The number of para-hydroxylation sites is 1. The van der Waals surface area contributed by atoms with E-state index in [1.165, 1.54) is 19.2 Å². The first kappa shape index (κ1) is 18.7. The Morgan fingerprint density at radius 1 is 0.852 bits per heavy atom. The summed E-state index contributed by atoms with van der Waals surface area (Å²) in [6.07, 6.45) is 0. The zero-order valence-corrected chi connectivity index (χ0v) is 16.0. The van der Waals surface area contributed by atoms with Crippen LogP contribution in [-0.2, 0) is 10.0 Å². The van der Waals surface area contributed by atoms with Gasteiger partial charge in [-0.25, -0.2) is 8.42 Å². The minimum absolute atomic E-state index is 0.114. The second-order valence-electron chi connectivity index (χ2n) is 5.98. The number of sulfonamides is 1. The molecular formula is C19H20N4O3S. The Bertz CT molecular complexity index is 1010. The van der Waals surface area contributed by atoms with Crippen LogP contribution in [0.1, 0.15) is 11.1 Å². The van der Waals surface area contributed by atoms with Gasteiger partial charge in [-0.05, 0) is 61.4 Å². The van der Waals surface area contributed by atoms with Crippen molar-refractivity contribution in [2.24, 2.45) is 0 Å². The highest BCUT2D eigenvalue weighted by molar-refractivity contribution is 7.92. The average Bonchev–Trinajstić information content (AvgIpc) is 2.66. The molecule has 0 aliphatic carbocycles. The van der Waals surface area contributed by atoms with Crippen molar-refractivity contribution in [2.75, 3.05) is 17.1 Å². The number of nitrogens with zero attached hydrogens (tertiary/aromatic N) is 2. The van der Waals surface area contributed by atoms with Crippen LogP contribution in [-0.4, -0.2) is 25.7 Å². The Morgan fingerprint density at radius 3 is 2.00 bits per heavy atom. The van der Waals surface area contributed by atoms with Gasteiger partial charge in [0, 0.05) is 5.69 Å². The predicted molar refractivity (Wildman–Crippen MR) is 105 cm³/mol. The molecule has 1 heterocycles. The first-order valence-corrected chi connectivity index (χ1v) is 9.71. The molecule has 7 nitrogen and oxygen atoms in total. The number of hydrogen-bond donors (Lipinski definition) is 2. The zero-order chi connectivity index (χ0) is 19.4. The number of hydrogen-bond acceptors (Lipinski definition) is 6. The van der Waals surface area contributed by atoms with Crippen LogP contribution in [0.3, 0.4) is 0 Å². The largest absolute Gasteiger partial charge is 0.497 e. The maximum absolute atomic E-state index is 12.4. The maximum atomic E-state index is 12.4. The fraction of sp³-hybridized carbons (Fsp3) is 0.158. The van der Waals surface area contributed by atoms with Crippen molar-refractivity contribution < 1.29 is 13.2 Å². The van der Waals surface area contributed by atoms with Gasteiger partial charge >= 0.3 is 0 Å². The van der Waals surface area contributed by atoms with E-state index in [0.717, 1.165) is 16.8 Å². The highest BCUT2D eigenvalue weighted by Gasteiger charge is 2.15. The van der Waals surface area contributed by atoms with Crippen molar-refractivity contribution in [3.63, 3.8) is 0 Å². The van der Waals surface area contributed by atoms with E-state index in [-0.39, 0.29) is 10.7 Å². The third-order valence-corrected chi connectivity index (χ3v) is 5.38. The van der Waals surface area contributed by atoms with Crippen molar-refractivity contribution in [3.8, 4) is 5.75 Å². The summed E-state index contributed by atoms with van der Waals surface area (Å²) in [5, 5.41) is 11.2. The van der Waals surface area contributed by atoms with Gasteiger partial charge in [-0.2, -0.15) is 0 Å². The number of anilines is 3. The van der Waals surface area contributed by atoms with Gasteiger partial charge in [0.05, 0.1) is 12.0 Å². The van der Waals surface area contributed by atoms with Crippen molar-refractivity contribution in [2.45, 2.75) is 18.7 Å². The molecule has 8 heteroatoms. The van der Waals surface area contributed by atoms with Gasteiger partial charge < -0.3 is 10.1 Å². The molecule has 0 aliphatic heterocycles. The lowest BCUT2D eigenvalue weighted by Gasteiger charge is -2.12. The lowest BCUT2D eigenvalue weighted by Crippen LogP contribution is -2.14. The molecule has 0 spiro atoms. The van der Waals surface area contributed by atoms with Crippen LogP contribution in [0.5, 0.6) is 5.75 Å². The molecule has 0 saturated heterocycles. The molecule has 0 amide bonds. The summed E-state index contributed by atoms with van der Waals surface area (Å²) in [7, 11) is -2.23. The van der Waals surface area contributed by atoms with E-state index in [1.54, 1.807) is 24.3 Å². The Balaban J connectivity index is 1.75. The third-order valence-electron chi connectivity index (χ3n) is 4.01. The molecule has 3 rings (SSSR count). The number of ether oxygens (including phenoxy) is 1. The van der Waals surface area contributed by atoms with Crippen LogP contribution in [0.4, 0.5) is 17.3 Å². The van der Waals surface area contributed by atoms with E-state index in [0.29, 0.717) is 11.6 Å². The van der Waals surface area contributed by atoms with Crippen molar-refractivity contribution in [1.29, 1.82) is 0 Å². The van der Waals surface area contributed by atoms with Gasteiger partial charge in [0.1, 0.15) is 5.75 Å². The third kappa shape index (κ3) is 4.35. The SMILES string of the molecule is COc1ccc(S(=O)(=O)Nc2ccc(Nc3c(C)cccc3C)nn2)cc1. The Labute approximate surface area is 158 Å². The highest BCUT2D eigenvalue weighted by Crippen LogP contribution is 2.23. The summed E-state index contributed by atoms with van der Waals surface area (Å²) >= 11 is 0. The molecule has 1 aromatic heterocycles. The fourth-order valence-corrected chi connectivity index (χ4v) is 3.54. The molecule has 2 N–H and O–H groups in total. The first-order valence-electron chi connectivity index (χ1n) is 8.23. The summed E-state index contributed by atoms with van der Waals surface area (Å²) in [6, 6.07) is 15.3. The van der Waals surface area contributed by atoms with Gasteiger partial charge in [-0.1, -0.05) is 18.2 Å². The fourth-order valence-electron chi connectivity index (χ4n) is 2.54. The molecule has 0 bridgehead atoms. The van der Waals surface area contributed by atoms with E-state index >= 15 is 0 Å². The Morgan fingerprint density at radius 2 is 1.44 bits per heavy atom. The number of aryl methyl sites for hydroxylation is 2. The summed E-state index contributed by atoms with van der Waals surface area (Å²) < 4.78 is 32.3. The standard InChI is InChI=1S/C19H20N4O3S/c1-13-5-4-6-14(2)19(13)20-17-11-12-18(22-21-17)23-27(24,25)16-9-7-15(26-3)8-10-16/h4-12H,1-3H3,(H,20,21)(H,22,23). The normalized spacial score (nSPS) is 11.1. The van der Waals surface area contributed by atoms with Gasteiger partial charge in [0.2, 0.25) is 0 Å². The van der Waals surface area contributed by atoms with Gasteiger partial charge in [-0.3, -0.25) is 4.72 Å².